The Bertz CT molecular complexity index is 1080. The van der Waals surface area contributed by atoms with Crippen LogP contribution in [-0.2, 0) is 12.8 Å². The Morgan fingerprint density at radius 1 is 1.23 bits per heavy atom. The first-order chi connectivity index (χ1) is 14.4. The maximum atomic E-state index is 13.0. The molecule has 3 aromatic rings. The summed E-state index contributed by atoms with van der Waals surface area (Å²) in [5.41, 5.74) is 6.86. The van der Waals surface area contributed by atoms with E-state index in [4.69, 9.17) is 0 Å². The SMILES string of the molecule is CCC1CCN(C(=O)c2ccc3[nH]c(-c4n[nH]c5c4CCC(C)(C)C5)cc3c2)CC1. The van der Waals surface area contributed by atoms with Crippen molar-refractivity contribution >= 4 is 16.8 Å². The highest BCUT2D eigenvalue weighted by Gasteiger charge is 2.29. The van der Waals surface area contributed by atoms with Crippen molar-refractivity contribution in [2.75, 3.05) is 13.1 Å². The Balaban J connectivity index is 1.40. The highest BCUT2D eigenvalue weighted by atomic mass is 16.2. The number of carbonyl (C=O) groups is 1. The minimum absolute atomic E-state index is 0.161. The predicted octanol–water partition coefficient (Wildman–Crippen LogP) is 5.34. The third kappa shape index (κ3) is 3.44. The van der Waals surface area contributed by atoms with E-state index in [0.717, 1.165) is 72.5 Å². The lowest BCUT2D eigenvalue weighted by Crippen LogP contribution is -2.38. The third-order valence-corrected chi connectivity index (χ3v) is 7.26. The number of hydrogen-bond acceptors (Lipinski definition) is 2. The number of aromatic nitrogens is 3. The maximum absolute atomic E-state index is 13.0. The molecule has 0 atom stereocenters. The van der Waals surface area contributed by atoms with Gasteiger partial charge in [-0.2, -0.15) is 5.10 Å². The first-order valence-corrected chi connectivity index (χ1v) is 11.4. The van der Waals surface area contributed by atoms with E-state index in [1.807, 2.05) is 23.1 Å². The van der Waals surface area contributed by atoms with Gasteiger partial charge in [0.1, 0.15) is 5.69 Å². The predicted molar refractivity (Wildman–Crippen MR) is 121 cm³/mol. The zero-order valence-electron chi connectivity index (χ0n) is 18.3. The van der Waals surface area contributed by atoms with Crippen LogP contribution in [0.4, 0.5) is 0 Å². The number of rotatable bonds is 3. The number of fused-ring (bicyclic) bond motifs is 2. The number of benzene rings is 1. The summed E-state index contributed by atoms with van der Waals surface area (Å²) in [6, 6.07) is 8.17. The second-order valence-electron chi connectivity index (χ2n) is 10.00. The van der Waals surface area contributed by atoms with E-state index in [9.17, 15) is 4.79 Å². The van der Waals surface area contributed by atoms with Crippen molar-refractivity contribution in [2.24, 2.45) is 11.3 Å². The standard InChI is InChI=1S/C25H32N4O/c1-4-16-8-11-29(12-9-16)24(30)17-5-6-20-18(13-17)14-21(26-20)23-19-7-10-25(2,3)15-22(19)27-28-23/h5-6,13-14,16,26H,4,7-12,15H2,1-3H3,(H,27,28). The number of nitrogens with zero attached hydrogens (tertiary/aromatic N) is 2. The molecule has 1 aliphatic carbocycles. The number of aromatic amines is 2. The van der Waals surface area contributed by atoms with Gasteiger partial charge >= 0.3 is 0 Å². The van der Waals surface area contributed by atoms with E-state index < -0.39 is 0 Å². The normalized spacial score (nSPS) is 19.2. The topological polar surface area (TPSA) is 64.8 Å². The largest absolute Gasteiger partial charge is 0.353 e. The first kappa shape index (κ1) is 19.4. The summed E-state index contributed by atoms with van der Waals surface area (Å²) in [6.45, 7) is 8.65. The van der Waals surface area contributed by atoms with Crippen molar-refractivity contribution in [3.63, 3.8) is 0 Å². The van der Waals surface area contributed by atoms with Crippen molar-refractivity contribution in [1.29, 1.82) is 0 Å². The van der Waals surface area contributed by atoms with Gasteiger partial charge in [-0.3, -0.25) is 9.89 Å². The smallest absolute Gasteiger partial charge is 0.253 e. The molecule has 0 spiro atoms. The highest BCUT2D eigenvalue weighted by molar-refractivity contribution is 5.99. The van der Waals surface area contributed by atoms with Crippen LogP contribution in [0.1, 0.15) is 68.1 Å². The Morgan fingerprint density at radius 3 is 2.80 bits per heavy atom. The number of H-pyrrole nitrogens is 2. The fraction of sp³-hybridized carbons (Fsp3) is 0.520. The molecule has 2 aromatic heterocycles. The van der Waals surface area contributed by atoms with E-state index in [1.54, 1.807) is 0 Å². The average molecular weight is 405 g/mol. The van der Waals surface area contributed by atoms with Crippen LogP contribution in [-0.4, -0.2) is 39.1 Å². The van der Waals surface area contributed by atoms with Crippen molar-refractivity contribution in [3.8, 4) is 11.4 Å². The van der Waals surface area contributed by atoms with Crippen molar-refractivity contribution < 1.29 is 4.79 Å². The fourth-order valence-electron chi connectivity index (χ4n) is 5.19. The van der Waals surface area contributed by atoms with E-state index in [1.165, 1.54) is 24.1 Å². The van der Waals surface area contributed by atoms with Gasteiger partial charge < -0.3 is 9.88 Å². The molecule has 1 amide bonds. The summed E-state index contributed by atoms with van der Waals surface area (Å²) >= 11 is 0. The molecule has 3 heterocycles. The molecule has 0 saturated carbocycles. The Hall–Kier alpha value is -2.56. The molecule has 5 nitrogen and oxygen atoms in total. The molecule has 1 aromatic carbocycles. The van der Waals surface area contributed by atoms with Gasteiger partial charge in [0.25, 0.3) is 5.91 Å². The van der Waals surface area contributed by atoms with Gasteiger partial charge in [0.15, 0.2) is 0 Å². The summed E-state index contributed by atoms with van der Waals surface area (Å²) < 4.78 is 0. The lowest BCUT2D eigenvalue weighted by molar-refractivity contribution is 0.0689. The van der Waals surface area contributed by atoms with Crippen LogP contribution < -0.4 is 0 Å². The molecule has 0 bridgehead atoms. The summed E-state index contributed by atoms with van der Waals surface area (Å²) in [7, 11) is 0. The lowest BCUT2D eigenvalue weighted by atomic mass is 9.76. The van der Waals surface area contributed by atoms with Gasteiger partial charge in [0.05, 0.1) is 5.69 Å². The van der Waals surface area contributed by atoms with Gasteiger partial charge in [-0.1, -0.05) is 27.2 Å². The summed E-state index contributed by atoms with van der Waals surface area (Å²) in [4.78, 5) is 18.6. The summed E-state index contributed by atoms with van der Waals surface area (Å²) in [5.74, 6) is 0.933. The van der Waals surface area contributed by atoms with E-state index in [2.05, 4.69) is 42.0 Å². The van der Waals surface area contributed by atoms with Crippen LogP contribution >= 0.6 is 0 Å². The second-order valence-corrected chi connectivity index (χ2v) is 10.00. The molecule has 158 valence electrons. The Kier molecular flexibility index (Phi) is 4.72. The highest BCUT2D eigenvalue weighted by Crippen LogP contribution is 2.38. The fourth-order valence-corrected chi connectivity index (χ4v) is 5.19. The molecule has 0 unspecified atom stereocenters. The zero-order chi connectivity index (χ0) is 20.9. The van der Waals surface area contributed by atoms with Crippen LogP contribution in [0.25, 0.3) is 22.3 Å². The molecule has 5 heteroatoms. The van der Waals surface area contributed by atoms with Crippen LogP contribution in [0.2, 0.25) is 0 Å². The average Bonchev–Trinajstić information content (AvgIpc) is 3.35. The third-order valence-electron chi connectivity index (χ3n) is 7.26. The minimum Gasteiger partial charge on any atom is -0.353 e. The monoisotopic (exact) mass is 404 g/mol. The quantitative estimate of drug-likeness (QED) is 0.619. The molecular formula is C25H32N4O. The molecular weight excluding hydrogens is 372 g/mol. The molecule has 1 saturated heterocycles. The Morgan fingerprint density at radius 2 is 2.03 bits per heavy atom. The van der Waals surface area contributed by atoms with Crippen LogP contribution in [0.15, 0.2) is 24.3 Å². The molecule has 2 N–H and O–H groups in total. The van der Waals surface area contributed by atoms with Gasteiger partial charge in [0.2, 0.25) is 0 Å². The molecule has 5 rings (SSSR count). The number of nitrogens with one attached hydrogen (secondary N) is 2. The molecule has 2 aliphatic rings. The Labute approximate surface area is 178 Å². The van der Waals surface area contributed by atoms with Crippen molar-refractivity contribution in [1.82, 2.24) is 20.1 Å². The lowest BCUT2D eigenvalue weighted by Gasteiger charge is -2.31. The first-order valence-electron chi connectivity index (χ1n) is 11.4. The van der Waals surface area contributed by atoms with E-state index >= 15 is 0 Å². The van der Waals surface area contributed by atoms with E-state index in [-0.39, 0.29) is 5.91 Å². The van der Waals surface area contributed by atoms with Crippen molar-refractivity contribution in [2.45, 2.75) is 59.3 Å². The number of carbonyl (C=O) groups excluding carboxylic acids is 1. The number of amides is 1. The number of likely N-dealkylation sites (tertiary alicyclic amines) is 1. The molecule has 1 aliphatic heterocycles. The number of hydrogen-bond donors (Lipinski definition) is 2. The summed E-state index contributed by atoms with van der Waals surface area (Å²) in [6.07, 6.45) is 6.75. The second kappa shape index (κ2) is 7.29. The molecule has 0 radical (unpaired) electrons. The van der Waals surface area contributed by atoms with Gasteiger partial charge in [-0.15, -0.1) is 0 Å². The van der Waals surface area contributed by atoms with Gasteiger partial charge in [-0.25, -0.2) is 0 Å². The minimum atomic E-state index is 0.161. The van der Waals surface area contributed by atoms with Crippen LogP contribution in [0.5, 0.6) is 0 Å². The van der Waals surface area contributed by atoms with Crippen molar-refractivity contribution in [3.05, 3.63) is 41.1 Å². The maximum Gasteiger partial charge on any atom is 0.253 e. The van der Waals surface area contributed by atoms with Crippen LogP contribution in [0.3, 0.4) is 0 Å². The van der Waals surface area contributed by atoms with E-state index in [0.29, 0.717) is 5.41 Å². The zero-order valence-corrected chi connectivity index (χ0v) is 18.3. The summed E-state index contributed by atoms with van der Waals surface area (Å²) in [5, 5.41) is 8.99. The molecule has 1 fully saturated rings. The molecule has 30 heavy (non-hydrogen) atoms. The van der Waals surface area contributed by atoms with Gasteiger partial charge in [-0.05, 0) is 67.7 Å². The van der Waals surface area contributed by atoms with Gasteiger partial charge in [0, 0.05) is 40.8 Å². The number of piperidine rings is 1. The van der Waals surface area contributed by atoms with Crippen LogP contribution in [0, 0.1) is 11.3 Å².